The van der Waals surface area contributed by atoms with Gasteiger partial charge >= 0.3 is 0 Å². The summed E-state index contributed by atoms with van der Waals surface area (Å²) in [5, 5.41) is 15.3. The van der Waals surface area contributed by atoms with Gasteiger partial charge in [-0.25, -0.2) is 4.98 Å². The molecule has 29 heavy (non-hydrogen) atoms. The first-order valence-electron chi connectivity index (χ1n) is 9.82. The molecule has 1 unspecified atom stereocenters. The van der Waals surface area contributed by atoms with Crippen LogP contribution >= 0.6 is 0 Å². The number of methoxy groups -OCH3 is 1. The molecule has 4 rings (SSSR count). The number of benzene rings is 1. The second kappa shape index (κ2) is 7.93. The molecule has 2 amide bonds. The van der Waals surface area contributed by atoms with Crippen molar-refractivity contribution in [3.63, 3.8) is 0 Å². The minimum Gasteiger partial charge on any atom is -0.393 e. The van der Waals surface area contributed by atoms with Gasteiger partial charge in [-0.15, -0.1) is 0 Å². The Hall–Kier alpha value is -2.77. The lowest BCUT2D eigenvalue weighted by molar-refractivity contribution is 0.0935. The lowest BCUT2D eigenvalue weighted by atomic mass is 10.0. The second-order valence-electron chi connectivity index (χ2n) is 7.72. The maximum Gasteiger partial charge on any atom is 0.269 e. The number of pyridine rings is 1. The number of carbonyl (C=O) groups excluding carboxylic acids is 2. The van der Waals surface area contributed by atoms with Crippen LogP contribution in [0.4, 0.5) is 0 Å². The molecular weight excluding hydrogens is 370 g/mol. The number of aromatic nitrogens is 1. The van der Waals surface area contributed by atoms with E-state index in [4.69, 9.17) is 4.74 Å². The molecule has 0 aliphatic heterocycles. The summed E-state index contributed by atoms with van der Waals surface area (Å²) in [5.74, 6) is 0.0975. The summed E-state index contributed by atoms with van der Waals surface area (Å²) >= 11 is 0. The first-order chi connectivity index (χ1) is 14.0. The first kappa shape index (κ1) is 19.5. The van der Waals surface area contributed by atoms with E-state index in [9.17, 15) is 14.7 Å². The largest absolute Gasteiger partial charge is 0.393 e. The predicted molar refractivity (Wildman–Crippen MR) is 106 cm³/mol. The number of nitrogens with zero attached hydrogens (tertiary/aromatic N) is 1. The molecule has 7 nitrogen and oxygen atoms in total. The fourth-order valence-corrected chi connectivity index (χ4v) is 4.38. The Morgan fingerprint density at radius 2 is 1.83 bits per heavy atom. The molecule has 0 radical (unpaired) electrons. The molecule has 2 saturated carbocycles. The molecule has 2 aliphatic rings. The van der Waals surface area contributed by atoms with Crippen LogP contribution in [0.1, 0.15) is 51.0 Å². The van der Waals surface area contributed by atoms with E-state index in [1.807, 2.05) is 30.3 Å². The standard InChI is InChI=1S/C22H25N3O4/c1-23-22(28)18-9-13(21(27)25-19-15-10-14(26)11-16(15)19)8-17(24-18)20(29-2)12-6-4-3-5-7-12/h3-9,14-16,19-20,26H,10-11H2,1-2H3,(H,23,28)(H,25,27)/t14-,15-,16+,19+,20?. The number of fused-ring (bicyclic) bond motifs is 1. The molecular formula is C22H25N3O4. The normalized spacial score (nSPS) is 25.8. The van der Waals surface area contributed by atoms with Crippen LogP contribution in [0.5, 0.6) is 0 Å². The van der Waals surface area contributed by atoms with Gasteiger partial charge in [0.2, 0.25) is 0 Å². The van der Waals surface area contributed by atoms with Gasteiger partial charge in [-0.1, -0.05) is 30.3 Å². The van der Waals surface area contributed by atoms with Crippen LogP contribution in [-0.4, -0.2) is 48.2 Å². The van der Waals surface area contributed by atoms with Crippen LogP contribution in [0.25, 0.3) is 0 Å². The number of carbonyl (C=O) groups is 2. The maximum atomic E-state index is 12.9. The van der Waals surface area contributed by atoms with E-state index in [0.29, 0.717) is 23.1 Å². The van der Waals surface area contributed by atoms with Gasteiger partial charge in [0.05, 0.1) is 11.8 Å². The van der Waals surface area contributed by atoms with Gasteiger partial charge in [-0.2, -0.15) is 0 Å². The quantitative estimate of drug-likeness (QED) is 0.691. The molecule has 152 valence electrons. The molecule has 0 saturated heterocycles. The number of hydrogen-bond acceptors (Lipinski definition) is 5. The topological polar surface area (TPSA) is 101 Å². The Morgan fingerprint density at radius 1 is 1.14 bits per heavy atom. The zero-order valence-corrected chi connectivity index (χ0v) is 16.5. The highest BCUT2D eigenvalue weighted by Crippen LogP contribution is 2.52. The van der Waals surface area contributed by atoms with Gasteiger partial charge in [-0.3, -0.25) is 9.59 Å². The van der Waals surface area contributed by atoms with Crippen molar-refractivity contribution in [2.24, 2.45) is 11.8 Å². The monoisotopic (exact) mass is 395 g/mol. The molecule has 3 N–H and O–H groups in total. The summed E-state index contributed by atoms with van der Waals surface area (Å²) in [7, 11) is 3.10. The van der Waals surface area contributed by atoms with Crippen LogP contribution in [0, 0.1) is 11.8 Å². The van der Waals surface area contributed by atoms with Crippen molar-refractivity contribution in [2.45, 2.75) is 31.1 Å². The lowest BCUT2D eigenvalue weighted by Crippen LogP contribution is -2.31. The van der Waals surface area contributed by atoms with Crippen molar-refractivity contribution in [2.75, 3.05) is 14.2 Å². The van der Waals surface area contributed by atoms with Gasteiger partial charge < -0.3 is 20.5 Å². The minimum absolute atomic E-state index is 0.0957. The summed E-state index contributed by atoms with van der Waals surface area (Å²) in [6.07, 6.45) is 0.725. The smallest absolute Gasteiger partial charge is 0.269 e. The van der Waals surface area contributed by atoms with Crippen molar-refractivity contribution in [1.29, 1.82) is 0 Å². The van der Waals surface area contributed by atoms with Crippen LogP contribution in [0.15, 0.2) is 42.5 Å². The minimum atomic E-state index is -0.497. The molecule has 2 aromatic rings. The average molecular weight is 395 g/mol. The lowest BCUT2D eigenvalue weighted by Gasteiger charge is -2.17. The van der Waals surface area contributed by atoms with E-state index in [-0.39, 0.29) is 29.7 Å². The Bertz CT molecular complexity index is 906. The average Bonchev–Trinajstić information content (AvgIpc) is 3.18. The van der Waals surface area contributed by atoms with Crippen molar-refractivity contribution in [3.8, 4) is 0 Å². The SMILES string of the molecule is CNC(=O)c1cc(C(=O)N[C@H]2[C@@H]3C[C@@H](O)C[C@@H]32)cc(C(OC)c2ccccc2)n1. The summed E-state index contributed by atoms with van der Waals surface area (Å²) in [6, 6.07) is 12.8. The van der Waals surface area contributed by atoms with Crippen molar-refractivity contribution in [3.05, 3.63) is 65.0 Å². The molecule has 2 fully saturated rings. The predicted octanol–water partition coefficient (Wildman–Crippen LogP) is 1.68. The van der Waals surface area contributed by atoms with Crippen LogP contribution in [0.2, 0.25) is 0 Å². The van der Waals surface area contributed by atoms with E-state index >= 15 is 0 Å². The van der Waals surface area contributed by atoms with Crippen LogP contribution < -0.4 is 10.6 Å². The molecule has 0 spiro atoms. The van der Waals surface area contributed by atoms with Gasteiger partial charge in [0.25, 0.3) is 11.8 Å². The van der Waals surface area contributed by atoms with Gasteiger partial charge in [0.15, 0.2) is 0 Å². The number of aliphatic hydroxyl groups excluding tert-OH is 1. The van der Waals surface area contributed by atoms with Gasteiger partial charge in [0, 0.05) is 25.8 Å². The molecule has 0 bridgehead atoms. The van der Waals surface area contributed by atoms with Crippen molar-refractivity contribution < 1.29 is 19.4 Å². The van der Waals surface area contributed by atoms with E-state index in [0.717, 1.165) is 18.4 Å². The third-order valence-corrected chi connectivity index (χ3v) is 5.89. The van der Waals surface area contributed by atoms with Crippen LogP contribution in [0.3, 0.4) is 0 Å². The first-order valence-corrected chi connectivity index (χ1v) is 9.82. The van der Waals surface area contributed by atoms with E-state index < -0.39 is 6.10 Å². The molecule has 5 atom stereocenters. The number of aliphatic hydroxyl groups is 1. The fraction of sp³-hybridized carbons (Fsp3) is 0.409. The zero-order valence-electron chi connectivity index (χ0n) is 16.5. The highest BCUT2D eigenvalue weighted by molar-refractivity contribution is 5.99. The molecule has 1 aromatic heterocycles. The number of ether oxygens (including phenoxy) is 1. The summed E-state index contributed by atoms with van der Waals surface area (Å²) < 4.78 is 5.64. The fourth-order valence-electron chi connectivity index (χ4n) is 4.38. The second-order valence-corrected chi connectivity index (χ2v) is 7.72. The molecule has 2 aliphatic carbocycles. The van der Waals surface area contributed by atoms with E-state index in [1.54, 1.807) is 13.2 Å². The molecule has 1 heterocycles. The number of rotatable bonds is 6. The summed E-state index contributed by atoms with van der Waals surface area (Å²) in [5.41, 5.74) is 1.92. The zero-order chi connectivity index (χ0) is 20.5. The Kier molecular flexibility index (Phi) is 5.34. The Morgan fingerprint density at radius 3 is 2.45 bits per heavy atom. The summed E-state index contributed by atoms with van der Waals surface area (Å²) in [6.45, 7) is 0. The highest BCUT2D eigenvalue weighted by atomic mass is 16.5. The maximum absolute atomic E-state index is 12.9. The Balaban J connectivity index is 1.62. The van der Waals surface area contributed by atoms with E-state index in [2.05, 4.69) is 15.6 Å². The molecule has 7 heteroatoms. The van der Waals surface area contributed by atoms with E-state index in [1.165, 1.54) is 13.1 Å². The highest BCUT2D eigenvalue weighted by Gasteiger charge is 2.56. The molecule has 1 aromatic carbocycles. The number of hydrogen-bond donors (Lipinski definition) is 3. The summed E-state index contributed by atoms with van der Waals surface area (Å²) in [4.78, 5) is 29.6. The Labute approximate surface area is 169 Å². The van der Waals surface area contributed by atoms with Crippen LogP contribution in [-0.2, 0) is 4.74 Å². The number of nitrogens with one attached hydrogen (secondary N) is 2. The van der Waals surface area contributed by atoms with Gasteiger partial charge in [0.1, 0.15) is 11.8 Å². The number of amides is 2. The third kappa shape index (κ3) is 3.88. The van der Waals surface area contributed by atoms with Gasteiger partial charge in [-0.05, 0) is 42.4 Å². The van der Waals surface area contributed by atoms with Crippen molar-refractivity contribution >= 4 is 11.8 Å². The van der Waals surface area contributed by atoms with Crippen molar-refractivity contribution in [1.82, 2.24) is 15.6 Å². The third-order valence-electron chi connectivity index (χ3n) is 5.89.